The maximum absolute atomic E-state index is 12.5. The summed E-state index contributed by atoms with van der Waals surface area (Å²) < 4.78 is 7.21. The first-order valence-corrected chi connectivity index (χ1v) is 7.81. The summed E-state index contributed by atoms with van der Waals surface area (Å²) in [5, 5.41) is 8.39. The minimum atomic E-state index is -0.105. The van der Waals surface area contributed by atoms with Gasteiger partial charge < -0.3 is 9.42 Å². The van der Waals surface area contributed by atoms with Crippen molar-refractivity contribution in [2.75, 3.05) is 20.6 Å². The molecule has 0 spiro atoms. The Morgan fingerprint density at radius 2 is 2.17 bits per heavy atom. The number of amides is 1. The molecule has 0 aliphatic carbocycles. The van der Waals surface area contributed by atoms with Gasteiger partial charge in [-0.15, -0.1) is 0 Å². The van der Waals surface area contributed by atoms with Gasteiger partial charge in [-0.25, -0.2) is 0 Å². The first-order chi connectivity index (χ1) is 11.0. The highest BCUT2D eigenvalue weighted by Gasteiger charge is 2.29. The molecule has 2 aromatic heterocycles. The zero-order chi connectivity index (χ0) is 16.6. The normalized spacial score (nSPS) is 18.5. The fourth-order valence-corrected chi connectivity index (χ4v) is 3.12. The largest absolute Gasteiger partial charge is 0.361 e. The highest BCUT2D eigenvalue weighted by molar-refractivity contribution is 5.78. The van der Waals surface area contributed by atoms with Crippen LogP contribution in [0.5, 0.6) is 0 Å². The van der Waals surface area contributed by atoms with Gasteiger partial charge in [-0.1, -0.05) is 5.16 Å². The average molecular weight is 317 g/mol. The second kappa shape index (κ2) is 6.16. The third kappa shape index (κ3) is 3.14. The lowest BCUT2D eigenvalue weighted by Crippen LogP contribution is -2.38. The van der Waals surface area contributed by atoms with E-state index in [0.29, 0.717) is 13.1 Å². The Hall–Kier alpha value is -2.15. The second-order valence-electron chi connectivity index (χ2n) is 6.41. The molecule has 1 atom stereocenters. The number of carbonyl (C=O) groups excluding carboxylic acids is 1. The molecule has 124 valence electrons. The summed E-state index contributed by atoms with van der Waals surface area (Å²) in [6, 6.07) is 2.02. The maximum atomic E-state index is 12.5. The summed E-state index contributed by atoms with van der Waals surface area (Å²) in [6.07, 6.45) is 1.80. The predicted octanol–water partition coefficient (Wildman–Crippen LogP) is 1.21. The predicted molar refractivity (Wildman–Crippen MR) is 84.5 cm³/mol. The van der Waals surface area contributed by atoms with Crippen LogP contribution in [0.2, 0.25) is 0 Å². The van der Waals surface area contributed by atoms with Crippen molar-refractivity contribution in [1.29, 1.82) is 0 Å². The van der Waals surface area contributed by atoms with Gasteiger partial charge in [0.15, 0.2) is 0 Å². The van der Waals surface area contributed by atoms with E-state index in [1.807, 2.05) is 24.6 Å². The third-order valence-corrected chi connectivity index (χ3v) is 4.41. The lowest BCUT2D eigenvalue weighted by atomic mass is 10.1. The fourth-order valence-electron chi connectivity index (χ4n) is 3.12. The molecular weight excluding hydrogens is 294 g/mol. The van der Waals surface area contributed by atoms with Crippen LogP contribution in [-0.4, -0.2) is 51.3 Å². The zero-order valence-electron chi connectivity index (χ0n) is 14.1. The van der Waals surface area contributed by atoms with E-state index in [4.69, 9.17) is 4.52 Å². The van der Waals surface area contributed by atoms with Crippen LogP contribution in [-0.2, 0) is 24.4 Å². The molecule has 2 aromatic rings. The Balaban J connectivity index is 1.86. The second-order valence-corrected chi connectivity index (χ2v) is 6.41. The van der Waals surface area contributed by atoms with Gasteiger partial charge in [-0.3, -0.25) is 14.4 Å². The molecule has 23 heavy (non-hydrogen) atoms. The standard InChI is InChI=1S/C16H23N5O2/c1-11-15(12(2)23-18-11)10-20-7-13(16(22)19(3)4)8-21-14(9-20)5-6-17-21/h5-6,13H,7-10H2,1-4H3. The van der Waals surface area contributed by atoms with Crippen LogP contribution in [0.3, 0.4) is 0 Å². The Morgan fingerprint density at radius 1 is 1.39 bits per heavy atom. The monoisotopic (exact) mass is 317 g/mol. The summed E-state index contributed by atoms with van der Waals surface area (Å²) in [7, 11) is 3.60. The van der Waals surface area contributed by atoms with Crippen LogP contribution in [0.25, 0.3) is 0 Å². The van der Waals surface area contributed by atoms with Crippen LogP contribution < -0.4 is 0 Å². The van der Waals surface area contributed by atoms with E-state index < -0.39 is 0 Å². The molecule has 0 N–H and O–H groups in total. The van der Waals surface area contributed by atoms with Crippen LogP contribution in [0.15, 0.2) is 16.8 Å². The van der Waals surface area contributed by atoms with E-state index >= 15 is 0 Å². The molecule has 1 aliphatic heterocycles. The Labute approximate surface area is 135 Å². The number of nitrogens with zero attached hydrogens (tertiary/aromatic N) is 5. The topological polar surface area (TPSA) is 67.4 Å². The van der Waals surface area contributed by atoms with Crippen LogP contribution >= 0.6 is 0 Å². The minimum absolute atomic E-state index is 0.105. The Morgan fingerprint density at radius 3 is 2.83 bits per heavy atom. The van der Waals surface area contributed by atoms with Crippen LogP contribution in [0, 0.1) is 19.8 Å². The van der Waals surface area contributed by atoms with Gasteiger partial charge in [0.25, 0.3) is 0 Å². The minimum Gasteiger partial charge on any atom is -0.361 e. The number of carbonyl (C=O) groups is 1. The van der Waals surface area contributed by atoms with Gasteiger partial charge >= 0.3 is 0 Å². The Kier molecular flexibility index (Phi) is 4.21. The molecule has 0 saturated heterocycles. The molecule has 3 rings (SSSR count). The molecular formula is C16H23N5O2. The molecule has 3 heterocycles. The van der Waals surface area contributed by atoms with Gasteiger partial charge in [0.2, 0.25) is 5.91 Å². The van der Waals surface area contributed by atoms with Crippen LogP contribution in [0.1, 0.15) is 22.7 Å². The first kappa shape index (κ1) is 15.7. The van der Waals surface area contributed by atoms with Crippen molar-refractivity contribution in [3.05, 3.63) is 35.0 Å². The van der Waals surface area contributed by atoms with E-state index in [9.17, 15) is 4.79 Å². The van der Waals surface area contributed by atoms with E-state index in [0.717, 1.165) is 35.8 Å². The van der Waals surface area contributed by atoms with Crippen molar-refractivity contribution in [2.24, 2.45) is 5.92 Å². The van der Waals surface area contributed by atoms with E-state index in [2.05, 4.69) is 15.2 Å². The highest BCUT2D eigenvalue weighted by Crippen LogP contribution is 2.22. The molecule has 0 bridgehead atoms. The van der Waals surface area contributed by atoms with Crippen molar-refractivity contribution >= 4 is 5.91 Å². The Bertz CT molecular complexity index is 684. The summed E-state index contributed by atoms with van der Waals surface area (Å²) >= 11 is 0. The molecule has 0 radical (unpaired) electrons. The van der Waals surface area contributed by atoms with E-state index in [-0.39, 0.29) is 11.8 Å². The van der Waals surface area contributed by atoms with E-state index in [1.165, 1.54) is 0 Å². The highest BCUT2D eigenvalue weighted by atomic mass is 16.5. The van der Waals surface area contributed by atoms with Gasteiger partial charge in [0, 0.05) is 45.5 Å². The van der Waals surface area contributed by atoms with E-state index in [1.54, 1.807) is 25.2 Å². The SMILES string of the molecule is Cc1noc(C)c1CN1Cc2ccnn2CC(C(=O)N(C)C)C1. The summed E-state index contributed by atoms with van der Waals surface area (Å²) in [5.74, 6) is 0.875. The summed E-state index contributed by atoms with van der Waals surface area (Å²) in [5.41, 5.74) is 3.15. The molecule has 1 unspecified atom stereocenters. The van der Waals surface area contributed by atoms with Gasteiger partial charge in [0.05, 0.1) is 23.9 Å². The number of aromatic nitrogens is 3. The fraction of sp³-hybridized carbons (Fsp3) is 0.562. The zero-order valence-corrected chi connectivity index (χ0v) is 14.1. The molecule has 0 aromatic carbocycles. The first-order valence-electron chi connectivity index (χ1n) is 7.81. The molecule has 1 aliphatic rings. The van der Waals surface area contributed by atoms with Crippen LogP contribution in [0.4, 0.5) is 0 Å². The van der Waals surface area contributed by atoms with Gasteiger partial charge in [-0.2, -0.15) is 5.10 Å². The lowest BCUT2D eigenvalue weighted by Gasteiger charge is -2.25. The molecule has 0 saturated carbocycles. The number of rotatable bonds is 3. The molecule has 7 nitrogen and oxygen atoms in total. The molecule has 7 heteroatoms. The van der Waals surface area contributed by atoms with Crippen molar-refractivity contribution < 1.29 is 9.32 Å². The lowest BCUT2D eigenvalue weighted by molar-refractivity contribution is -0.134. The number of hydrogen-bond donors (Lipinski definition) is 0. The van der Waals surface area contributed by atoms with Crippen molar-refractivity contribution in [3.8, 4) is 0 Å². The summed E-state index contributed by atoms with van der Waals surface area (Å²) in [4.78, 5) is 16.4. The smallest absolute Gasteiger partial charge is 0.228 e. The molecule has 1 amide bonds. The maximum Gasteiger partial charge on any atom is 0.228 e. The number of fused-ring (bicyclic) bond motifs is 1. The molecule has 0 fully saturated rings. The average Bonchev–Trinajstić information content (AvgIpc) is 3.01. The van der Waals surface area contributed by atoms with Gasteiger partial charge in [-0.05, 0) is 19.9 Å². The quantitative estimate of drug-likeness (QED) is 0.851. The van der Waals surface area contributed by atoms with Crippen molar-refractivity contribution in [2.45, 2.75) is 33.5 Å². The summed E-state index contributed by atoms with van der Waals surface area (Å²) in [6.45, 7) is 6.70. The number of aryl methyl sites for hydroxylation is 2. The third-order valence-electron chi connectivity index (χ3n) is 4.41. The number of hydrogen-bond acceptors (Lipinski definition) is 5. The van der Waals surface area contributed by atoms with Crippen molar-refractivity contribution in [3.63, 3.8) is 0 Å². The van der Waals surface area contributed by atoms with Crippen molar-refractivity contribution in [1.82, 2.24) is 24.7 Å². The van der Waals surface area contributed by atoms with Gasteiger partial charge in [0.1, 0.15) is 5.76 Å².